The molecule has 1 N–H and O–H groups in total. The summed E-state index contributed by atoms with van der Waals surface area (Å²) in [7, 11) is 0. The molecule has 1 saturated heterocycles. The standard InChI is InChI=1S/C11H12O3/c12-11(13)9-6-7-14-10(9)8-4-2-1-3-5-8/h1-5,9-10H,6-7H2,(H,12,13)/t9-,10+/m1/s1. The fraction of sp³-hybridized carbons (Fsp3) is 0.364. The molecule has 1 aromatic rings. The second-order valence-corrected chi connectivity index (χ2v) is 3.44. The molecular weight excluding hydrogens is 180 g/mol. The van der Waals surface area contributed by atoms with Gasteiger partial charge in [0.15, 0.2) is 0 Å². The van der Waals surface area contributed by atoms with Crippen molar-refractivity contribution < 1.29 is 14.6 Å². The Morgan fingerprint density at radius 1 is 1.36 bits per heavy atom. The molecule has 1 aliphatic rings. The number of carboxylic acid groups (broad SMARTS) is 1. The molecular formula is C11H12O3. The maximum absolute atomic E-state index is 10.9. The van der Waals surface area contributed by atoms with Gasteiger partial charge in [-0.3, -0.25) is 4.79 Å². The Labute approximate surface area is 82.3 Å². The first kappa shape index (κ1) is 9.21. The Bertz CT molecular complexity index is 321. The molecule has 14 heavy (non-hydrogen) atoms. The van der Waals surface area contributed by atoms with Crippen molar-refractivity contribution in [1.82, 2.24) is 0 Å². The molecule has 74 valence electrons. The maximum atomic E-state index is 10.9. The maximum Gasteiger partial charge on any atom is 0.309 e. The first-order valence-electron chi connectivity index (χ1n) is 4.68. The van der Waals surface area contributed by atoms with Crippen molar-refractivity contribution in [2.24, 2.45) is 5.92 Å². The van der Waals surface area contributed by atoms with E-state index in [9.17, 15) is 4.79 Å². The highest BCUT2D eigenvalue weighted by atomic mass is 16.5. The van der Waals surface area contributed by atoms with Gasteiger partial charge in [-0.25, -0.2) is 0 Å². The lowest BCUT2D eigenvalue weighted by Gasteiger charge is -2.14. The van der Waals surface area contributed by atoms with Crippen LogP contribution in [0.1, 0.15) is 18.1 Å². The first-order valence-corrected chi connectivity index (χ1v) is 4.68. The smallest absolute Gasteiger partial charge is 0.309 e. The van der Waals surface area contributed by atoms with Crippen molar-refractivity contribution >= 4 is 5.97 Å². The van der Waals surface area contributed by atoms with Gasteiger partial charge in [-0.2, -0.15) is 0 Å². The average Bonchev–Trinajstić information content (AvgIpc) is 2.67. The minimum atomic E-state index is -0.767. The van der Waals surface area contributed by atoms with E-state index in [1.54, 1.807) is 0 Å². The van der Waals surface area contributed by atoms with E-state index < -0.39 is 11.9 Å². The number of rotatable bonds is 2. The highest BCUT2D eigenvalue weighted by Gasteiger charge is 2.34. The van der Waals surface area contributed by atoms with Gasteiger partial charge in [0.05, 0.1) is 12.0 Å². The van der Waals surface area contributed by atoms with Crippen LogP contribution in [0.25, 0.3) is 0 Å². The second-order valence-electron chi connectivity index (χ2n) is 3.44. The molecule has 0 bridgehead atoms. The van der Waals surface area contributed by atoms with E-state index in [0.717, 1.165) is 5.56 Å². The molecule has 1 aliphatic heterocycles. The van der Waals surface area contributed by atoms with Crippen molar-refractivity contribution in [2.75, 3.05) is 6.61 Å². The zero-order valence-corrected chi connectivity index (χ0v) is 7.72. The minimum Gasteiger partial charge on any atom is -0.481 e. The second kappa shape index (κ2) is 3.80. The zero-order valence-electron chi connectivity index (χ0n) is 7.72. The summed E-state index contributed by atoms with van der Waals surface area (Å²) in [4.78, 5) is 10.9. The molecule has 2 atom stereocenters. The van der Waals surface area contributed by atoms with Gasteiger partial charge in [-0.15, -0.1) is 0 Å². The summed E-state index contributed by atoms with van der Waals surface area (Å²) in [6, 6.07) is 9.53. The molecule has 0 radical (unpaired) electrons. The third-order valence-corrected chi connectivity index (χ3v) is 2.54. The highest BCUT2D eigenvalue weighted by Crippen LogP contribution is 2.34. The number of aliphatic carboxylic acids is 1. The van der Waals surface area contributed by atoms with Crippen LogP contribution in [-0.4, -0.2) is 17.7 Å². The molecule has 0 aliphatic carbocycles. The van der Waals surface area contributed by atoms with Gasteiger partial charge in [0.1, 0.15) is 0 Å². The summed E-state index contributed by atoms with van der Waals surface area (Å²) in [6.07, 6.45) is 0.336. The number of carboxylic acids is 1. The van der Waals surface area contributed by atoms with Crippen LogP contribution >= 0.6 is 0 Å². The fourth-order valence-electron chi connectivity index (χ4n) is 1.81. The van der Waals surface area contributed by atoms with Crippen molar-refractivity contribution in [3.8, 4) is 0 Å². The minimum absolute atomic E-state index is 0.270. The Kier molecular flexibility index (Phi) is 2.50. The van der Waals surface area contributed by atoms with Crippen molar-refractivity contribution in [2.45, 2.75) is 12.5 Å². The first-order chi connectivity index (χ1) is 6.79. The lowest BCUT2D eigenvalue weighted by Crippen LogP contribution is -2.17. The van der Waals surface area contributed by atoms with Gasteiger partial charge in [0.25, 0.3) is 0 Å². The van der Waals surface area contributed by atoms with Gasteiger partial charge in [0, 0.05) is 6.61 Å². The third kappa shape index (κ3) is 1.63. The summed E-state index contributed by atoms with van der Waals surface area (Å²) in [6.45, 7) is 0.538. The normalized spacial score (nSPS) is 26.3. The monoisotopic (exact) mass is 192 g/mol. The van der Waals surface area contributed by atoms with E-state index >= 15 is 0 Å². The number of hydrogen-bond acceptors (Lipinski definition) is 2. The van der Waals surface area contributed by atoms with Crippen LogP contribution in [0, 0.1) is 5.92 Å². The van der Waals surface area contributed by atoms with Crippen molar-refractivity contribution in [3.05, 3.63) is 35.9 Å². The quantitative estimate of drug-likeness (QED) is 0.777. The lowest BCUT2D eigenvalue weighted by molar-refractivity contribution is -0.143. The van der Waals surface area contributed by atoms with Crippen LogP contribution in [0.2, 0.25) is 0 Å². The summed E-state index contributed by atoms with van der Waals surface area (Å²) >= 11 is 0. The predicted octanol–water partition coefficient (Wildman–Crippen LogP) is 1.85. The summed E-state index contributed by atoms with van der Waals surface area (Å²) in [5.41, 5.74) is 0.956. The molecule has 0 saturated carbocycles. The van der Waals surface area contributed by atoms with Crippen molar-refractivity contribution in [1.29, 1.82) is 0 Å². The molecule has 3 nitrogen and oxygen atoms in total. The number of benzene rings is 1. The van der Waals surface area contributed by atoms with Gasteiger partial charge in [0.2, 0.25) is 0 Å². The number of ether oxygens (including phenoxy) is 1. The topological polar surface area (TPSA) is 46.5 Å². The average molecular weight is 192 g/mol. The molecule has 0 unspecified atom stereocenters. The molecule has 0 aromatic heterocycles. The van der Waals surface area contributed by atoms with Crippen LogP contribution in [0.15, 0.2) is 30.3 Å². The molecule has 3 heteroatoms. The van der Waals surface area contributed by atoms with Crippen LogP contribution in [-0.2, 0) is 9.53 Å². The van der Waals surface area contributed by atoms with E-state index in [-0.39, 0.29) is 6.10 Å². The molecule has 1 aromatic carbocycles. The zero-order chi connectivity index (χ0) is 9.97. The largest absolute Gasteiger partial charge is 0.481 e. The van der Waals surface area contributed by atoms with E-state index in [1.165, 1.54) is 0 Å². The number of hydrogen-bond donors (Lipinski definition) is 1. The van der Waals surface area contributed by atoms with Crippen LogP contribution < -0.4 is 0 Å². The molecule has 2 rings (SSSR count). The lowest BCUT2D eigenvalue weighted by atomic mass is 9.96. The Morgan fingerprint density at radius 3 is 2.71 bits per heavy atom. The van der Waals surface area contributed by atoms with E-state index in [2.05, 4.69) is 0 Å². The summed E-state index contributed by atoms with van der Waals surface area (Å²) in [5.74, 6) is -1.16. The Hall–Kier alpha value is -1.35. The fourth-order valence-corrected chi connectivity index (χ4v) is 1.81. The van der Waals surface area contributed by atoms with Crippen molar-refractivity contribution in [3.63, 3.8) is 0 Å². The highest BCUT2D eigenvalue weighted by molar-refractivity contribution is 5.71. The van der Waals surface area contributed by atoms with E-state index in [0.29, 0.717) is 13.0 Å². The van der Waals surface area contributed by atoms with Crippen LogP contribution in [0.5, 0.6) is 0 Å². The van der Waals surface area contributed by atoms with Gasteiger partial charge < -0.3 is 9.84 Å². The van der Waals surface area contributed by atoms with Crippen LogP contribution in [0.3, 0.4) is 0 Å². The third-order valence-electron chi connectivity index (χ3n) is 2.54. The predicted molar refractivity (Wildman–Crippen MR) is 50.9 cm³/mol. The summed E-state index contributed by atoms with van der Waals surface area (Å²) in [5, 5.41) is 8.96. The molecule has 1 heterocycles. The van der Waals surface area contributed by atoms with Gasteiger partial charge in [-0.05, 0) is 12.0 Å². The molecule has 1 fully saturated rings. The van der Waals surface area contributed by atoms with E-state index in [4.69, 9.17) is 9.84 Å². The molecule has 0 spiro atoms. The van der Waals surface area contributed by atoms with Gasteiger partial charge in [-0.1, -0.05) is 30.3 Å². The van der Waals surface area contributed by atoms with Gasteiger partial charge >= 0.3 is 5.97 Å². The Balaban J connectivity index is 2.22. The Morgan fingerprint density at radius 2 is 2.07 bits per heavy atom. The SMILES string of the molecule is O=C(O)[C@@H]1CCO[C@H]1c1ccccc1. The number of carbonyl (C=O) groups is 1. The molecule has 0 amide bonds. The van der Waals surface area contributed by atoms with E-state index in [1.807, 2.05) is 30.3 Å². The van der Waals surface area contributed by atoms with Crippen LogP contribution in [0.4, 0.5) is 0 Å². The summed E-state index contributed by atoms with van der Waals surface area (Å²) < 4.78 is 5.43.